The molecule has 2 aromatic rings. The van der Waals surface area contributed by atoms with Gasteiger partial charge in [-0.2, -0.15) is 47.9 Å². The number of carbonyl (C=O) groups excluding carboxylic acids is 1. The molecule has 0 fully saturated rings. The Labute approximate surface area is 220 Å². The van der Waals surface area contributed by atoms with Gasteiger partial charge < -0.3 is 14.2 Å². The zero-order valence-corrected chi connectivity index (χ0v) is 20.9. The smallest absolute Gasteiger partial charge is 0.450 e. The minimum atomic E-state index is -7.55. The minimum absolute atomic E-state index is 0.00653. The first-order valence-corrected chi connectivity index (χ1v) is 12.6. The van der Waals surface area contributed by atoms with Gasteiger partial charge in [0.15, 0.2) is 11.6 Å². The number of alkyl halides is 9. The molecule has 1 aliphatic carbocycles. The molecule has 0 bridgehead atoms. The summed E-state index contributed by atoms with van der Waals surface area (Å²) in [4.78, 5) is 12.0. The number of fused-ring (bicyclic) bond motifs is 1. The van der Waals surface area contributed by atoms with Crippen LogP contribution in [0.5, 0.6) is 5.75 Å². The summed E-state index contributed by atoms with van der Waals surface area (Å²) >= 11 is 0. The third kappa shape index (κ3) is 5.51. The number of hydrogen-bond donors (Lipinski definition) is 1. The van der Waals surface area contributed by atoms with Crippen LogP contribution in [0.15, 0.2) is 42.5 Å². The second-order valence-corrected chi connectivity index (χ2v) is 10.2. The second kappa shape index (κ2) is 10.6. The van der Waals surface area contributed by atoms with Crippen molar-refractivity contribution in [3.8, 4) is 5.75 Å². The van der Waals surface area contributed by atoms with Gasteiger partial charge in [0.1, 0.15) is 0 Å². The van der Waals surface area contributed by atoms with Crippen molar-refractivity contribution in [2.24, 2.45) is 0 Å². The highest BCUT2D eigenvalue weighted by Gasteiger charge is 2.86. The fourth-order valence-corrected chi connectivity index (χ4v) is 4.99. The van der Waals surface area contributed by atoms with E-state index in [0.717, 1.165) is 0 Å². The van der Waals surface area contributed by atoms with Gasteiger partial charge in [0.25, 0.3) is 0 Å². The van der Waals surface area contributed by atoms with Gasteiger partial charge in [-0.1, -0.05) is 30.3 Å². The van der Waals surface area contributed by atoms with Crippen molar-refractivity contribution in [2.45, 2.75) is 55.0 Å². The van der Waals surface area contributed by atoms with Crippen LogP contribution in [0.1, 0.15) is 29.5 Å². The lowest BCUT2D eigenvalue weighted by molar-refractivity contribution is -0.382. The summed E-state index contributed by atoms with van der Waals surface area (Å²) in [6, 6.07) is 8.50. The van der Waals surface area contributed by atoms with Gasteiger partial charge >= 0.3 is 39.5 Å². The first-order chi connectivity index (χ1) is 18.3. The highest BCUT2D eigenvalue weighted by molar-refractivity contribution is 7.88. The standard InChI is InChI=1S/C23H19F10NO5S/c1-2-38-19(35)34-17-10-13-9-16(24)18(11-14(13)15(17)8-12-6-4-3-5-7-12)39-40(36,37)23(32,33)21(27,28)20(25,26)22(29,30)31/h3-7,9,11,15,17H,2,8,10H2,1H3,(H,34,35). The molecule has 1 amide bonds. The Morgan fingerprint density at radius 3 is 2.12 bits per heavy atom. The molecule has 0 heterocycles. The maximum atomic E-state index is 14.7. The van der Waals surface area contributed by atoms with Crippen molar-refractivity contribution in [3.05, 3.63) is 65.0 Å². The number of hydrogen-bond acceptors (Lipinski definition) is 5. The molecule has 17 heteroatoms. The van der Waals surface area contributed by atoms with Crippen molar-refractivity contribution in [1.82, 2.24) is 5.32 Å². The molecule has 0 radical (unpaired) electrons. The normalized spacial score (nSPS) is 18.3. The lowest BCUT2D eigenvalue weighted by Crippen LogP contribution is -2.63. The molecule has 2 aromatic carbocycles. The molecule has 1 aliphatic rings. The quantitative estimate of drug-likeness (QED) is 0.280. The van der Waals surface area contributed by atoms with Gasteiger partial charge in [-0.3, -0.25) is 0 Å². The fraction of sp³-hybridized carbons (Fsp3) is 0.435. The van der Waals surface area contributed by atoms with Gasteiger partial charge in [-0.25, -0.2) is 9.18 Å². The molecule has 0 spiro atoms. The third-order valence-corrected chi connectivity index (χ3v) is 7.31. The van der Waals surface area contributed by atoms with E-state index in [1.807, 2.05) is 0 Å². The van der Waals surface area contributed by atoms with E-state index in [1.165, 1.54) is 6.92 Å². The monoisotopic (exact) mass is 611 g/mol. The number of ether oxygens (including phenoxy) is 1. The average molecular weight is 611 g/mol. The molecule has 0 aromatic heterocycles. The maximum Gasteiger partial charge on any atom is 0.460 e. The van der Waals surface area contributed by atoms with Crippen LogP contribution in [-0.2, 0) is 27.7 Å². The zero-order valence-electron chi connectivity index (χ0n) is 20.0. The summed E-state index contributed by atoms with van der Waals surface area (Å²) in [5.41, 5.74) is 0.731. The Balaban J connectivity index is 2.02. The third-order valence-electron chi connectivity index (χ3n) is 6.03. The summed E-state index contributed by atoms with van der Waals surface area (Å²) < 4.78 is 166. The number of rotatable bonds is 9. The second-order valence-electron chi connectivity index (χ2n) is 8.65. The Morgan fingerprint density at radius 1 is 0.975 bits per heavy atom. The lowest BCUT2D eigenvalue weighted by atomic mass is 9.91. The van der Waals surface area contributed by atoms with Crippen LogP contribution in [0.3, 0.4) is 0 Å². The molecule has 2 atom stereocenters. The SMILES string of the molecule is CCOC(=O)NC1Cc2cc(F)c(OS(=O)(=O)C(F)(F)C(F)(F)C(F)(F)C(F)(F)F)cc2C1Cc1ccccc1. The summed E-state index contributed by atoms with van der Waals surface area (Å²) in [6.07, 6.45) is -8.18. The molecule has 0 saturated carbocycles. The van der Waals surface area contributed by atoms with Crippen molar-refractivity contribution >= 4 is 16.2 Å². The van der Waals surface area contributed by atoms with Crippen LogP contribution in [0.2, 0.25) is 0 Å². The van der Waals surface area contributed by atoms with Crippen LogP contribution in [0, 0.1) is 5.82 Å². The summed E-state index contributed by atoms with van der Waals surface area (Å²) in [5.74, 6) is -19.3. The number of carbonyl (C=O) groups is 1. The van der Waals surface area contributed by atoms with Crippen LogP contribution in [0.25, 0.3) is 0 Å². The van der Waals surface area contributed by atoms with E-state index in [2.05, 4.69) is 9.50 Å². The topological polar surface area (TPSA) is 81.7 Å². The average Bonchev–Trinajstić information content (AvgIpc) is 3.14. The van der Waals surface area contributed by atoms with Gasteiger partial charge in [0.05, 0.1) is 6.61 Å². The van der Waals surface area contributed by atoms with E-state index in [0.29, 0.717) is 17.7 Å². The summed E-state index contributed by atoms with van der Waals surface area (Å²) in [7, 11) is -7.36. The predicted octanol–water partition coefficient (Wildman–Crippen LogP) is 5.96. The Kier molecular flexibility index (Phi) is 8.31. The first-order valence-electron chi connectivity index (χ1n) is 11.2. The van der Waals surface area contributed by atoms with Crippen molar-refractivity contribution in [1.29, 1.82) is 0 Å². The predicted molar refractivity (Wildman–Crippen MR) is 117 cm³/mol. The minimum Gasteiger partial charge on any atom is -0.450 e. The van der Waals surface area contributed by atoms with Crippen LogP contribution in [-0.4, -0.2) is 50.4 Å². The van der Waals surface area contributed by atoms with E-state index in [-0.39, 0.29) is 30.6 Å². The highest BCUT2D eigenvalue weighted by atomic mass is 32.2. The van der Waals surface area contributed by atoms with Gasteiger partial charge in [0.2, 0.25) is 0 Å². The largest absolute Gasteiger partial charge is 0.460 e. The number of halogens is 10. The maximum absolute atomic E-state index is 14.7. The lowest BCUT2D eigenvalue weighted by Gasteiger charge is -2.32. The van der Waals surface area contributed by atoms with E-state index in [4.69, 9.17) is 4.74 Å². The molecular formula is C23H19F10NO5S. The molecule has 6 nitrogen and oxygen atoms in total. The van der Waals surface area contributed by atoms with Crippen molar-refractivity contribution in [2.75, 3.05) is 6.61 Å². The van der Waals surface area contributed by atoms with E-state index < -0.39 is 63.0 Å². The molecule has 1 N–H and O–H groups in total. The number of nitrogens with one attached hydrogen (secondary N) is 1. The van der Waals surface area contributed by atoms with Gasteiger partial charge in [-0.05, 0) is 48.6 Å². The zero-order chi connectivity index (χ0) is 30.3. The van der Waals surface area contributed by atoms with Gasteiger partial charge in [0, 0.05) is 12.0 Å². The summed E-state index contributed by atoms with van der Waals surface area (Å²) in [6.45, 7) is 1.49. The van der Waals surface area contributed by atoms with Crippen LogP contribution in [0.4, 0.5) is 48.7 Å². The highest BCUT2D eigenvalue weighted by Crippen LogP contribution is 2.55. The molecule has 0 saturated heterocycles. The van der Waals surface area contributed by atoms with Crippen LogP contribution >= 0.6 is 0 Å². The molecule has 3 rings (SSSR count). The van der Waals surface area contributed by atoms with Crippen LogP contribution < -0.4 is 9.50 Å². The first kappa shape index (κ1) is 31.3. The molecular weight excluding hydrogens is 592 g/mol. The number of benzene rings is 2. The van der Waals surface area contributed by atoms with Crippen molar-refractivity contribution in [3.63, 3.8) is 0 Å². The number of amides is 1. The molecule has 222 valence electrons. The molecule has 0 aliphatic heterocycles. The Hall–Kier alpha value is -3.24. The van der Waals surface area contributed by atoms with E-state index in [9.17, 15) is 57.1 Å². The number of alkyl carbamates (subject to hydrolysis) is 1. The van der Waals surface area contributed by atoms with E-state index in [1.54, 1.807) is 30.3 Å². The van der Waals surface area contributed by atoms with E-state index >= 15 is 0 Å². The summed E-state index contributed by atoms with van der Waals surface area (Å²) in [5, 5.41) is -4.66. The Bertz CT molecular complexity index is 1350. The fourth-order valence-electron chi connectivity index (χ4n) is 4.08. The van der Waals surface area contributed by atoms with Gasteiger partial charge in [-0.15, -0.1) is 0 Å². The Morgan fingerprint density at radius 2 is 1.57 bits per heavy atom. The molecule has 2 unspecified atom stereocenters. The molecule has 40 heavy (non-hydrogen) atoms. The van der Waals surface area contributed by atoms with Crippen molar-refractivity contribution < 1.29 is 66.0 Å².